The van der Waals surface area contributed by atoms with Crippen LogP contribution in [-0.4, -0.2) is 5.91 Å². The molecule has 37 heavy (non-hydrogen) atoms. The van der Waals surface area contributed by atoms with Gasteiger partial charge in [-0.3, -0.25) is 4.79 Å². The molecule has 186 valence electrons. The number of amides is 1. The third kappa shape index (κ3) is 5.59. The van der Waals surface area contributed by atoms with Crippen molar-refractivity contribution in [1.29, 1.82) is 0 Å². The predicted molar refractivity (Wildman–Crippen MR) is 153 cm³/mol. The van der Waals surface area contributed by atoms with Crippen LogP contribution in [0.3, 0.4) is 0 Å². The number of anilines is 2. The Bertz CT molecular complexity index is 1470. The van der Waals surface area contributed by atoms with Crippen LogP contribution in [0, 0.1) is 0 Å². The van der Waals surface area contributed by atoms with E-state index in [0.29, 0.717) is 12.1 Å². The molecule has 0 aliphatic rings. The summed E-state index contributed by atoms with van der Waals surface area (Å²) in [6.45, 7) is 6.57. The smallest absolute Gasteiger partial charge is 0.232 e. The highest BCUT2D eigenvalue weighted by atomic mass is 16.3. The fourth-order valence-electron chi connectivity index (χ4n) is 4.54. The topological polar surface area (TPSA) is 68.3 Å². The van der Waals surface area contributed by atoms with Gasteiger partial charge in [0, 0.05) is 22.3 Å². The van der Waals surface area contributed by atoms with Gasteiger partial charge in [-0.2, -0.15) is 0 Å². The van der Waals surface area contributed by atoms with Gasteiger partial charge in [0.25, 0.3) is 0 Å². The molecule has 4 nitrogen and oxygen atoms in total. The van der Waals surface area contributed by atoms with Crippen LogP contribution in [0.2, 0.25) is 0 Å². The Morgan fingerprint density at radius 3 is 2.19 bits per heavy atom. The quantitative estimate of drug-likeness (QED) is 0.238. The minimum absolute atomic E-state index is 0.0446. The zero-order chi connectivity index (χ0) is 26.0. The fourth-order valence-corrected chi connectivity index (χ4v) is 4.54. The molecular formula is C33H32N2O2. The second-order valence-corrected chi connectivity index (χ2v) is 10.6. The molecule has 1 aromatic heterocycles. The van der Waals surface area contributed by atoms with Crippen molar-refractivity contribution in [2.75, 3.05) is 11.1 Å². The summed E-state index contributed by atoms with van der Waals surface area (Å²) in [6.07, 6.45) is 0.581. The molecule has 3 N–H and O–H groups in total. The predicted octanol–water partition coefficient (Wildman–Crippen LogP) is 7.94. The largest absolute Gasteiger partial charge is 0.456 e. The average molecular weight is 489 g/mol. The molecule has 0 spiro atoms. The summed E-state index contributed by atoms with van der Waals surface area (Å²) in [7, 11) is 0. The van der Waals surface area contributed by atoms with Crippen molar-refractivity contribution >= 4 is 28.3 Å². The number of rotatable bonds is 6. The number of para-hydroxylation sites is 1. The van der Waals surface area contributed by atoms with E-state index in [1.165, 1.54) is 5.56 Å². The lowest BCUT2D eigenvalue weighted by Gasteiger charge is -2.22. The number of hydrogen-bond acceptors (Lipinski definition) is 3. The van der Waals surface area contributed by atoms with Crippen molar-refractivity contribution in [1.82, 2.24) is 0 Å². The summed E-state index contributed by atoms with van der Waals surface area (Å²) >= 11 is 0. The highest BCUT2D eigenvalue weighted by Gasteiger charge is 2.23. The number of nitrogens with two attached hydrogens (primary N) is 1. The molecule has 0 aliphatic heterocycles. The summed E-state index contributed by atoms with van der Waals surface area (Å²) in [5.41, 5.74) is 12.5. The lowest BCUT2D eigenvalue weighted by Crippen LogP contribution is -2.23. The van der Waals surface area contributed by atoms with E-state index in [4.69, 9.17) is 10.2 Å². The molecule has 4 heteroatoms. The Kier molecular flexibility index (Phi) is 6.58. The molecule has 5 aromatic rings. The van der Waals surface area contributed by atoms with Gasteiger partial charge in [-0.1, -0.05) is 75.4 Å². The number of nitrogen functional groups attached to an aromatic ring is 1. The molecule has 0 bridgehead atoms. The maximum atomic E-state index is 13.6. The van der Waals surface area contributed by atoms with E-state index < -0.39 is 0 Å². The number of furan rings is 1. The maximum absolute atomic E-state index is 13.6. The number of benzene rings is 4. The van der Waals surface area contributed by atoms with Gasteiger partial charge in [-0.15, -0.1) is 0 Å². The molecular weight excluding hydrogens is 456 g/mol. The third-order valence-electron chi connectivity index (χ3n) is 6.78. The Morgan fingerprint density at radius 2 is 1.54 bits per heavy atom. The van der Waals surface area contributed by atoms with Gasteiger partial charge >= 0.3 is 0 Å². The van der Waals surface area contributed by atoms with Crippen molar-refractivity contribution < 1.29 is 9.21 Å². The van der Waals surface area contributed by atoms with Gasteiger partial charge in [-0.25, -0.2) is 0 Å². The molecule has 0 aliphatic carbocycles. The maximum Gasteiger partial charge on any atom is 0.232 e. The Labute approximate surface area is 218 Å². The summed E-state index contributed by atoms with van der Waals surface area (Å²) in [6, 6.07) is 33.9. The molecule has 1 amide bonds. The molecule has 1 heterocycles. The minimum Gasteiger partial charge on any atom is -0.456 e. The second kappa shape index (κ2) is 9.98. The molecule has 0 radical (unpaired) electrons. The zero-order valence-corrected chi connectivity index (χ0v) is 21.5. The standard InChI is InChI=1S/C33H32N2O2/c1-33(2,3)26-14-10-23(11-15-26)29(20-22-8-16-27(34)17-9-22)32(36)35-28-18-12-24(13-19-28)31-21-25-6-4-5-7-30(25)37-31/h4-19,21,29H,20,34H2,1-3H3,(H,35,36). The van der Waals surface area contributed by atoms with E-state index >= 15 is 0 Å². The van der Waals surface area contributed by atoms with E-state index in [0.717, 1.165) is 39.1 Å². The average Bonchev–Trinajstić information content (AvgIpc) is 3.33. The number of fused-ring (bicyclic) bond motifs is 1. The molecule has 0 fully saturated rings. The summed E-state index contributed by atoms with van der Waals surface area (Å²) in [5.74, 6) is 0.420. The Balaban J connectivity index is 1.38. The van der Waals surface area contributed by atoms with Crippen LogP contribution >= 0.6 is 0 Å². The SMILES string of the molecule is CC(C)(C)c1ccc(C(Cc2ccc(N)cc2)C(=O)Nc2ccc(-c3cc4ccccc4o3)cc2)cc1. The number of carbonyl (C=O) groups is 1. The first-order valence-electron chi connectivity index (χ1n) is 12.6. The first-order valence-corrected chi connectivity index (χ1v) is 12.6. The normalized spacial score (nSPS) is 12.4. The highest BCUT2D eigenvalue weighted by Crippen LogP contribution is 2.30. The van der Waals surface area contributed by atoms with E-state index in [-0.39, 0.29) is 17.2 Å². The molecule has 1 atom stereocenters. The number of nitrogens with one attached hydrogen (secondary N) is 1. The molecule has 5 rings (SSSR count). The summed E-state index contributed by atoms with van der Waals surface area (Å²) < 4.78 is 5.98. The molecule has 1 unspecified atom stereocenters. The van der Waals surface area contributed by atoms with Gasteiger partial charge in [-0.05, 0) is 77.1 Å². The number of hydrogen-bond donors (Lipinski definition) is 2. The van der Waals surface area contributed by atoms with E-state index in [1.807, 2.05) is 78.9 Å². The van der Waals surface area contributed by atoms with Gasteiger partial charge in [0.05, 0.1) is 5.92 Å². The first kappa shape index (κ1) is 24.4. The van der Waals surface area contributed by atoms with Crippen LogP contribution in [0.15, 0.2) is 108 Å². The Hall–Kier alpha value is -4.31. The zero-order valence-electron chi connectivity index (χ0n) is 21.5. The lowest BCUT2D eigenvalue weighted by molar-refractivity contribution is -0.117. The highest BCUT2D eigenvalue weighted by molar-refractivity contribution is 5.96. The van der Waals surface area contributed by atoms with Crippen molar-refractivity contribution in [3.05, 3.63) is 120 Å². The molecule has 0 saturated heterocycles. The second-order valence-electron chi connectivity index (χ2n) is 10.6. The summed E-state index contributed by atoms with van der Waals surface area (Å²) in [5, 5.41) is 4.20. The van der Waals surface area contributed by atoms with Crippen LogP contribution in [0.4, 0.5) is 11.4 Å². The molecule has 0 saturated carbocycles. The van der Waals surface area contributed by atoms with Gasteiger partial charge in [0.15, 0.2) is 0 Å². The summed E-state index contributed by atoms with van der Waals surface area (Å²) in [4.78, 5) is 13.6. The van der Waals surface area contributed by atoms with E-state index in [9.17, 15) is 4.79 Å². The fraction of sp³-hybridized carbons (Fsp3) is 0.182. The minimum atomic E-state index is -0.340. The van der Waals surface area contributed by atoms with Gasteiger partial charge in [0.2, 0.25) is 5.91 Å². The monoisotopic (exact) mass is 488 g/mol. The van der Waals surface area contributed by atoms with E-state index in [2.05, 4.69) is 50.4 Å². The van der Waals surface area contributed by atoms with Gasteiger partial charge < -0.3 is 15.5 Å². The first-order chi connectivity index (χ1) is 17.8. The van der Waals surface area contributed by atoms with Crippen LogP contribution in [0.5, 0.6) is 0 Å². The van der Waals surface area contributed by atoms with Crippen LogP contribution < -0.4 is 11.1 Å². The lowest BCUT2D eigenvalue weighted by atomic mass is 9.84. The van der Waals surface area contributed by atoms with E-state index in [1.54, 1.807) is 0 Å². The Morgan fingerprint density at radius 1 is 0.865 bits per heavy atom. The van der Waals surface area contributed by atoms with Crippen LogP contribution in [0.1, 0.15) is 43.4 Å². The van der Waals surface area contributed by atoms with Crippen LogP contribution in [0.25, 0.3) is 22.3 Å². The van der Waals surface area contributed by atoms with Crippen molar-refractivity contribution in [2.24, 2.45) is 0 Å². The van der Waals surface area contributed by atoms with Crippen molar-refractivity contribution in [3.8, 4) is 11.3 Å². The van der Waals surface area contributed by atoms with Gasteiger partial charge in [0.1, 0.15) is 11.3 Å². The number of carbonyl (C=O) groups excluding carboxylic acids is 1. The molecule has 4 aromatic carbocycles. The van der Waals surface area contributed by atoms with Crippen molar-refractivity contribution in [2.45, 2.75) is 38.5 Å². The van der Waals surface area contributed by atoms with Crippen molar-refractivity contribution in [3.63, 3.8) is 0 Å². The van der Waals surface area contributed by atoms with Crippen LogP contribution in [-0.2, 0) is 16.6 Å². The third-order valence-corrected chi connectivity index (χ3v) is 6.78.